The molecule has 1 aromatic heterocycles. The molecule has 3 heterocycles. The molecular weight excluding hydrogens is 376 g/mol. The Morgan fingerprint density at radius 1 is 1.00 bits per heavy atom. The zero-order valence-electron chi connectivity index (χ0n) is 18.5. The van der Waals surface area contributed by atoms with E-state index >= 15 is 0 Å². The maximum absolute atomic E-state index is 5.93. The lowest BCUT2D eigenvalue weighted by Gasteiger charge is -2.37. The van der Waals surface area contributed by atoms with Gasteiger partial charge in [-0.2, -0.15) is 4.98 Å². The molecule has 2 saturated heterocycles. The maximum atomic E-state index is 5.93. The fraction of sp³-hybridized carbons (Fsp3) is 0.826. The number of nitrogens with two attached hydrogens (primary N) is 1. The van der Waals surface area contributed by atoms with Crippen molar-refractivity contribution in [1.82, 2.24) is 14.9 Å². The minimum absolute atomic E-state index is 0.323. The molecule has 3 fully saturated rings. The van der Waals surface area contributed by atoms with Gasteiger partial charge >= 0.3 is 0 Å². The van der Waals surface area contributed by atoms with Crippen LogP contribution < -0.4 is 16.0 Å². The van der Waals surface area contributed by atoms with E-state index in [4.69, 9.17) is 15.5 Å². The Hall–Kier alpha value is -1.44. The van der Waals surface area contributed by atoms with Crippen molar-refractivity contribution >= 4 is 11.8 Å². The summed E-state index contributed by atoms with van der Waals surface area (Å²) in [5, 5.41) is 3.68. The molecule has 3 aliphatic rings. The second kappa shape index (κ2) is 11.3. The normalized spacial score (nSPS) is 26.6. The SMILES string of the molecule is NCCOC[C@@H]1[C@@H](Nc2nccc(N3CCCCCC3)n2)CCN1C1CCCCC1. The standard InChI is InChI=1S/C23H40N6O/c24-12-17-30-18-21-20(11-16-29(21)19-8-4-3-5-9-19)26-23-25-13-10-22(27-23)28-14-6-1-2-7-15-28/h10,13,19-21H,1-9,11-12,14-18,24H2,(H,25,26,27)/t20-,21+/m0/s1. The summed E-state index contributed by atoms with van der Waals surface area (Å²) < 4.78 is 5.93. The zero-order valence-corrected chi connectivity index (χ0v) is 18.5. The van der Waals surface area contributed by atoms with Crippen LogP contribution in [0.15, 0.2) is 12.3 Å². The molecule has 0 unspecified atom stereocenters. The van der Waals surface area contributed by atoms with Gasteiger partial charge in [-0.05, 0) is 38.2 Å². The van der Waals surface area contributed by atoms with Crippen molar-refractivity contribution in [3.8, 4) is 0 Å². The second-order valence-corrected chi connectivity index (χ2v) is 9.14. The highest BCUT2D eigenvalue weighted by molar-refractivity contribution is 5.43. The number of aromatic nitrogens is 2. The van der Waals surface area contributed by atoms with E-state index in [9.17, 15) is 0 Å². The van der Waals surface area contributed by atoms with Gasteiger partial charge < -0.3 is 20.7 Å². The van der Waals surface area contributed by atoms with Crippen molar-refractivity contribution in [1.29, 1.82) is 0 Å². The number of ether oxygens (including phenoxy) is 1. The first-order chi connectivity index (χ1) is 14.8. The third-order valence-corrected chi connectivity index (χ3v) is 7.07. The lowest BCUT2D eigenvalue weighted by atomic mass is 9.93. The highest BCUT2D eigenvalue weighted by atomic mass is 16.5. The number of nitrogens with zero attached hydrogens (tertiary/aromatic N) is 4. The van der Waals surface area contributed by atoms with Gasteiger partial charge in [-0.1, -0.05) is 32.1 Å². The zero-order chi connectivity index (χ0) is 20.6. The molecule has 1 aromatic rings. The summed E-state index contributed by atoms with van der Waals surface area (Å²) in [4.78, 5) is 14.6. The molecule has 4 rings (SSSR count). The van der Waals surface area contributed by atoms with Crippen LogP contribution in [0.5, 0.6) is 0 Å². The van der Waals surface area contributed by atoms with E-state index in [1.807, 2.05) is 6.20 Å². The Labute approximate surface area is 181 Å². The van der Waals surface area contributed by atoms with Crippen molar-refractivity contribution in [2.24, 2.45) is 5.73 Å². The molecule has 1 saturated carbocycles. The van der Waals surface area contributed by atoms with E-state index in [1.165, 1.54) is 57.8 Å². The summed E-state index contributed by atoms with van der Waals surface area (Å²) in [6.07, 6.45) is 14.9. The molecule has 1 aliphatic carbocycles. The number of anilines is 2. The Morgan fingerprint density at radius 3 is 2.53 bits per heavy atom. The average molecular weight is 417 g/mol. The van der Waals surface area contributed by atoms with Crippen molar-refractivity contribution in [2.45, 2.75) is 82.3 Å². The van der Waals surface area contributed by atoms with Gasteiger partial charge in [0.1, 0.15) is 5.82 Å². The first kappa shape index (κ1) is 21.8. The van der Waals surface area contributed by atoms with Gasteiger partial charge in [0.2, 0.25) is 5.95 Å². The summed E-state index contributed by atoms with van der Waals surface area (Å²) in [7, 11) is 0. The molecule has 0 bridgehead atoms. The van der Waals surface area contributed by atoms with Crippen LogP contribution in [0.3, 0.4) is 0 Å². The number of rotatable bonds is 8. The summed E-state index contributed by atoms with van der Waals surface area (Å²) >= 11 is 0. The molecule has 30 heavy (non-hydrogen) atoms. The molecule has 7 nitrogen and oxygen atoms in total. The lowest BCUT2D eigenvalue weighted by Crippen LogP contribution is -2.48. The number of hydrogen-bond donors (Lipinski definition) is 2. The van der Waals surface area contributed by atoms with Gasteiger partial charge in [-0.15, -0.1) is 0 Å². The monoisotopic (exact) mass is 416 g/mol. The second-order valence-electron chi connectivity index (χ2n) is 9.14. The van der Waals surface area contributed by atoms with E-state index in [-0.39, 0.29) is 0 Å². The van der Waals surface area contributed by atoms with Crippen LogP contribution in [0.2, 0.25) is 0 Å². The van der Waals surface area contributed by atoms with Gasteiger partial charge in [0, 0.05) is 44.5 Å². The Kier molecular flexibility index (Phi) is 8.17. The van der Waals surface area contributed by atoms with E-state index in [0.29, 0.717) is 31.3 Å². The average Bonchev–Trinajstić information content (AvgIpc) is 2.99. The van der Waals surface area contributed by atoms with Crippen LogP contribution in [-0.4, -0.2) is 72.4 Å². The molecule has 168 valence electrons. The summed E-state index contributed by atoms with van der Waals surface area (Å²) in [5.74, 6) is 1.82. The molecule has 0 spiro atoms. The number of hydrogen-bond acceptors (Lipinski definition) is 7. The third-order valence-electron chi connectivity index (χ3n) is 7.07. The topological polar surface area (TPSA) is 79.5 Å². The van der Waals surface area contributed by atoms with Crippen molar-refractivity contribution in [3.63, 3.8) is 0 Å². The van der Waals surface area contributed by atoms with Gasteiger partial charge in [0.25, 0.3) is 0 Å². The van der Waals surface area contributed by atoms with Crippen LogP contribution in [0, 0.1) is 0 Å². The molecular formula is C23H40N6O. The van der Waals surface area contributed by atoms with E-state index < -0.39 is 0 Å². The minimum Gasteiger partial charge on any atom is -0.378 e. The van der Waals surface area contributed by atoms with E-state index in [1.54, 1.807) is 0 Å². The van der Waals surface area contributed by atoms with Crippen LogP contribution >= 0.6 is 0 Å². The molecule has 0 radical (unpaired) electrons. The quantitative estimate of drug-likeness (QED) is 0.631. The van der Waals surface area contributed by atoms with Gasteiger partial charge in [-0.25, -0.2) is 4.98 Å². The predicted molar refractivity (Wildman–Crippen MR) is 122 cm³/mol. The Morgan fingerprint density at radius 2 is 1.77 bits per heavy atom. The fourth-order valence-electron chi connectivity index (χ4n) is 5.47. The van der Waals surface area contributed by atoms with Crippen LogP contribution in [0.25, 0.3) is 0 Å². The van der Waals surface area contributed by atoms with E-state index in [2.05, 4.69) is 26.2 Å². The molecule has 7 heteroatoms. The smallest absolute Gasteiger partial charge is 0.224 e. The van der Waals surface area contributed by atoms with Crippen molar-refractivity contribution in [3.05, 3.63) is 12.3 Å². The lowest BCUT2D eigenvalue weighted by molar-refractivity contribution is 0.0508. The highest BCUT2D eigenvalue weighted by Gasteiger charge is 2.38. The molecule has 0 amide bonds. The highest BCUT2D eigenvalue weighted by Crippen LogP contribution is 2.31. The minimum atomic E-state index is 0.323. The van der Waals surface area contributed by atoms with Crippen LogP contribution in [0.4, 0.5) is 11.8 Å². The fourth-order valence-corrected chi connectivity index (χ4v) is 5.47. The third kappa shape index (κ3) is 5.62. The van der Waals surface area contributed by atoms with Gasteiger partial charge in [-0.3, -0.25) is 4.90 Å². The van der Waals surface area contributed by atoms with Gasteiger partial charge in [0.05, 0.1) is 19.3 Å². The predicted octanol–water partition coefficient (Wildman–Crippen LogP) is 3.02. The number of nitrogens with one attached hydrogen (secondary N) is 1. The molecule has 2 atom stereocenters. The molecule has 2 aliphatic heterocycles. The van der Waals surface area contributed by atoms with Crippen molar-refractivity contribution in [2.75, 3.05) is 49.6 Å². The Bertz CT molecular complexity index is 630. The van der Waals surface area contributed by atoms with Gasteiger partial charge in [0.15, 0.2) is 0 Å². The maximum Gasteiger partial charge on any atom is 0.224 e. The number of likely N-dealkylation sites (tertiary alicyclic amines) is 1. The van der Waals surface area contributed by atoms with Crippen molar-refractivity contribution < 1.29 is 4.74 Å². The van der Waals surface area contributed by atoms with Crippen LogP contribution in [-0.2, 0) is 4.74 Å². The van der Waals surface area contributed by atoms with E-state index in [0.717, 1.165) is 44.4 Å². The summed E-state index contributed by atoms with van der Waals surface area (Å²) in [5.41, 5.74) is 5.67. The largest absolute Gasteiger partial charge is 0.378 e. The molecule has 0 aromatic carbocycles. The van der Waals surface area contributed by atoms with Crippen LogP contribution in [0.1, 0.15) is 64.2 Å². The first-order valence-electron chi connectivity index (χ1n) is 12.2. The molecule has 3 N–H and O–H groups in total. The summed E-state index contributed by atoms with van der Waals surface area (Å²) in [6.45, 7) is 5.27. The Balaban J connectivity index is 1.43. The first-order valence-corrected chi connectivity index (χ1v) is 12.2. The summed E-state index contributed by atoms with van der Waals surface area (Å²) in [6, 6.07) is 3.44.